The summed E-state index contributed by atoms with van der Waals surface area (Å²) >= 11 is 0. The van der Waals surface area contributed by atoms with Crippen LogP contribution in [-0.2, 0) is 11.3 Å². The van der Waals surface area contributed by atoms with Gasteiger partial charge < -0.3 is 18.9 Å². The summed E-state index contributed by atoms with van der Waals surface area (Å²) in [5.74, 6) is 2.62. The molecule has 23 heavy (non-hydrogen) atoms. The van der Waals surface area contributed by atoms with E-state index in [4.69, 9.17) is 18.9 Å². The molecule has 4 heteroatoms. The molecule has 0 aliphatic carbocycles. The van der Waals surface area contributed by atoms with Crippen LogP contribution in [0.4, 0.5) is 0 Å². The third-order valence-corrected chi connectivity index (χ3v) is 3.80. The van der Waals surface area contributed by atoms with Crippen molar-refractivity contribution in [3.05, 3.63) is 54.1 Å². The first-order valence-corrected chi connectivity index (χ1v) is 7.87. The highest BCUT2D eigenvalue weighted by molar-refractivity contribution is 5.45. The molecule has 1 unspecified atom stereocenters. The van der Waals surface area contributed by atoms with Gasteiger partial charge in [-0.2, -0.15) is 0 Å². The molecule has 1 heterocycles. The Kier molecular flexibility index (Phi) is 5.03. The minimum absolute atomic E-state index is 0.180. The molecule has 0 amide bonds. The highest BCUT2D eigenvalue weighted by Gasteiger charge is 2.23. The maximum Gasteiger partial charge on any atom is 0.200 e. The molecule has 2 aromatic rings. The topological polar surface area (TPSA) is 36.9 Å². The summed E-state index contributed by atoms with van der Waals surface area (Å²) in [6.45, 7) is 3.39. The molecule has 2 atom stereocenters. The van der Waals surface area contributed by atoms with E-state index in [1.807, 2.05) is 48.5 Å². The van der Waals surface area contributed by atoms with Gasteiger partial charge in [0, 0.05) is 12.5 Å². The number of rotatable bonds is 6. The average Bonchev–Trinajstić information content (AvgIpc) is 2.99. The molecule has 1 aliphatic heterocycles. The van der Waals surface area contributed by atoms with Crippen LogP contribution in [0.25, 0.3) is 0 Å². The van der Waals surface area contributed by atoms with Crippen molar-refractivity contribution in [1.82, 2.24) is 0 Å². The number of ether oxygens (including phenoxy) is 4. The van der Waals surface area contributed by atoms with Crippen molar-refractivity contribution < 1.29 is 18.9 Å². The number of benzene rings is 2. The molecular formula is C19H22O4. The number of hydrogen-bond acceptors (Lipinski definition) is 4. The van der Waals surface area contributed by atoms with Crippen LogP contribution >= 0.6 is 0 Å². The van der Waals surface area contributed by atoms with Gasteiger partial charge in [-0.25, -0.2) is 0 Å². The van der Waals surface area contributed by atoms with E-state index >= 15 is 0 Å². The summed E-state index contributed by atoms with van der Waals surface area (Å²) < 4.78 is 22.7. The second-order valence-corrected chi connectivity index (χ2v) is 5.81. The molecule has 1 fully saturated rings. The molecule has 0 aromatic heterocycles. The van der Waals surface area contributed by atoms with Crippen LogP contribution in [0.3, 0.4) is 0 Å². The molecule has 3 rings (SSSR count). The lowest BCUT2D eigenvalue weighted by Crippen LogP contribution is -2.14. The monoisotopic (exact) mass is 314 g/mol. The van der Waals surface area contributed by atoms with Gasteiger partial charge in [0.2, 0.25) is 0 Å². The van der Waals surface area contributed by atoms with Crippen LogP contribution in [0.5, 0.6) is 17.2 Å². The van der Waals surface area contributed by atoms with Crippen LogP contribution in [0, 0.1) is 5.92 Å². The fourth-order valence-electron chi connectivity index (χ4n) is 2.55. The van der Waals surface area contributed by atoms with E-state index in [9.17, 15) is 0 Å². The van der Waals surface area contributed by atoms with Gasteiger partial charge >= 0.3 is 0 Å². The number of hydrogen-bond donors (Lipinski definition) is 0. The van der Waals surface area contributed by atoms with Gasteiger partial charge in [0.1, 0.15) is 12.4 Å². The molecule has 0 saturated carbocycles. The van der Waals surface area contributed by atoms with Crippen molar-refractivity contribution in [2.24, 2.45) is 5.92 Å². The Hall–Kier alpha value is -2.20. The fraction of sp³-hybridized carbons (Fsp3) is 0.368. The summed E-state index contributed by atoms with van der Waals surface area (Å²) in [6, 6.07) is 15.6. The Morgan fingerprint density at radius 3 is 2.61 bits per heavy atom. The van der Waals surface area contributed by atoms with Crippen LogP contribution in [0.1, 0.15) is 18.9 Å². The molecule has 0 N–H and O–H groups in total. The summed E-state index contributed by atoms with van der Waals surface area (Å²) in [4.78, 5) is 0. The Bertz CT molecular complexity index is 627. The van der Waals surface area contributed by atoms with Gasteiger partial charge in [-0.3, -0.25) is 0 Å². The lowest BCUT2D eigenvalue weighted by atomic mass is 10.1. The van der Waals surface area contributed by atoms with E-state index in [1.54, 1.807) is 7.11 Å². The molecular weight excluding hydrogens is 292 g/mol. The van der Waals surface area contributed by atoms with Gasteiger partial charge in [-0.1, -0.05) is 37.3 Å². The second-order valence-electron chi connectivity index (χ2n) is 5.81. The first-order valence-electron chi connectivity index (χ1n) is 7.87. The van der Waals surface area contributed by atoms with Crippen molar-refractivity contribution in [3.63, 3.8) is 0 Å². The first kappa shape index (κ1) is 15.7. The quantitative estimate of drug-likeness (QED) is 0.806. The Morgan fingerprint density at radius 2 is 1.91 bits per heavy atom. The largest absolute Gasteiger partial charge is 0.493 e. The second kappa shape index (κ2) is 7.38. The van der Waals surface area contributed by atoms with Gasteiger partial charge in [-0.15, -0.1) is 0 Å². The van der Waals surface area contributed by atoms with Crippen molar-refractivity contribution in [3.8, 4) is 17.2 Å². The predicted molar refractivity (Wildman–Crippen MR) is 87.9 cm³/mol. The molecule has 0 radical (unpaired) electrons. The van der Waals surface area contributed by atoms with E-state index in [1.165, 1.54) is 0 Å². The zero-order valence-corrected chi connectivity index (χ0v) is 13.5. The van der Waals surface area contributed by atoms with Crippen molar-refractivity contribution in [1.29, 1.82) is 0 Å². The zero-order chi connectivity index (χ0) is 16.1. The van der Waals surface area contributed by atoms with E-state index in [-0.39, 0.29) is 6.29 Å². The maximum absolute atomic E-state index is 5.89. The van der Waals surface area contributed by atoms with Crippen molar-refractivity contribution >= 4 is 0 Å². The third kappa shape index (κ3) is 4.17. The molecule has 122 valence electrons. The summed E-state index contributed by atoms with van der Waals surface area (Å²) in [5, 5.41) is 0. The molecule has 4 nitrogen and oxygen atoms in total. The normalized spacial score (nSPS) is 20.3. The molecule has 2 aromatic carbocycles. The van der Waals surface area contributed by atoms with Crippen molar-refractivity contribution in [2.75, 3.05) is 13.7 Å². The highest BCUT2D eigenvalue weighted by Crippen LogP contribution is 2.33. The molecule has 0 spiro atoms. The lowest BCUT2D eigenvalue weighted by molar-refractivity contribution is -0.0394. The summed E-state index contributed by atoms with van der Waals surface area (Å²) in [5.41, 5.74) is 1.11. The van der Waals surface area contributed by atoms with Crippen molar-refractivity contribution in [2.45, 2.75) is 26.2 Å². The van der Waals surface area contributed by atoms with Gasteiger partial charge in [0.15, 0.2) is 17.8 Å². The first-order chi connectivity index (χ1) is 11.2. The molecule has 1 saturated heterocycles. The van der Waals surface area contributed by atoms with Gasteiger partial charge in [-0.05, 0) is 23.6 Å². The summed E-state index contributed by atoms with van der Waals surface area (Å²) in [6.07, 6.45) is 0.729. The van der Waals surface area contributed by atoms with E-state index in [2.05, 4.69) is 6.92 Å². The van der Waals surface area contributed by atoms with Crippen LogP contribution in [0.2, 0.25) is 0 Å². The fourth-order valence-corrected chi connectivity index (χ4v) is 2.55. The van der Waals surface area contributed by atoms with E-state index in [0.29, 0.717) is 24.0 Å². The lowest BCUT2D eigenvalue weighted by Gasteiger charge is -2.16. The number of methoxy groups -OCH3 is 1. The average molecular weight is 314 g/mol. The standard InChI is InChI=1S/C19H22O4/c1-14-10-19(22-12-14)23-16-8-9-17(20-2)18(11-16)21-13-15-6-4-3-5-7-15/h3-9,11,14,19H,10,12-13H2,1-2H3/t14-,19?/m1/s1. The molecule has 0 bridgehead atoms. The predicted octanol–water partition coefficient (Wildman–Crippen LogP) is 4.04. The van der Waals surface area contributed by atoms with Crippen LogP contribution < -0.4 is 14.2 Å². The zero-order valence-electron chi connectivity index (χ0n) is 13.5. The Labute approximate surface area is 136 Å². The van der Waals surface area contributed by atoms with Gasteiger partial charge in [0.25, 0.3) is 0 Å². The molecule has 1 aliphatic rings. The minimum atomic E-state index is -0.180. The Morgan fingerprint density at radius 1 is 1.09 bits per heavy atom. The minimum Gasteiger partial charge on any atom is -0.493 e. The smallest absolute Gasteiger partial charge is 0.200 e. The van der Waals surface area contributed by atoms with Gasteiger partial charge in [0.05, 0.1) is 13.7 Å². The van der Waals surface area contributed by atoms with E-state index in [0.717, 1.165) is 24.3 Å². The highest BCUT2D eigenvalue weighted by atomic mass is 16.7. The Balaban J connectivity index is 1.68. The van der Waals surface area contributed by atoms with Crippen LogP contribution in [-0.4, -0.2) is 20.0 Å². The van der Waals surface area contributed by atoms with Crippen LogP contribution in [0.15, 0.2) is 48.5 Å². The maximum atomic E-state index is 5.89. The van der Waals surface area contributed by atoms with E-state index < -0.39 is 0 Å². The third-order valence-electron chi connectivity index (χ3n) is 3.80. The SMILES string of the molecule is COc1ccc(OC2C[C@@H](C)CO2)cc1OCc1ccccc1. The summed E-state index contributed by atoms with van der Waals surface area (Å²) in [7, 11) is 1.63.